The standard InChI is InChI=1S/C14H25N3O2/c1-10-8-11(10)9-17(2)13(18)14(12(15)16-19)6-4-3-5-7-14/h10-11,19H,3-9H2,1-2H3,(H2,15,16). The number of hydrogen-bond acceptors (Lipinski definition) is 3. The highest BCUT2D eigenvalue weighted by Gasteiger charge is 2.46. The summed E-state index contributed by atoms with van der Waals surface area (Å²) in [5.74, 6) is 1.47. The molecular formula is C14H25N3O2. The maximum atomic E-state index is 12.7. The molecular weight excluding hydrogens is 242 g/mol. The van der Waals surface area contributed by atoms with Crippen LogP contribution >= 0.6 is 0 Å². The van der Waals surface area contributed by atoms with Gasteiger partial charge in [0, 0.05) is 13.6 Å². The van der Waals surface area contributed by atoms with E-state index in [0.717, 1.165) is 31.7 Å². The van der Waals surface area contributed by atoms with Gasteiger partial charge in [-0.1, -0.05) is 31.3 Å². The molecule has 19 heavy (non-hydrogen) atoms. The molecule has 0 bridgehead atoms. The lowest BCUT2D eigenvalue weighted by molar-refractivity contribution is -0.138. The highest BCUT2D eigenvalue weighted by molar-refractivity contribution is 6.06. The van der Waals surface area contributed by atoms with E-state index in [1.807, 2.05) is 7.05 Å². The summed E-state index contributed by atoms with van der Waals surface area (Å²) in [6.07, 6.45) is 5.66. The van der Waals surface area contributed by atoms with Crippen molar-refractivity contribution in [2.75, 3.05) is 13.6 Å². The first-order valence-electron chi connectivity index (χ1n) is 7.25. The van der Waals surface area contributed by atoms with Gasteiger partial charge in [-0.05, 0) is 31.1 Å². The van der Waals surface area contributed by atoms with Crippen LogP contribution in [0.15, 0.2) is 5.16 Å². The molecule has 1 amide bonds. The smallest absolute Gasteiger partial charge is 0.236 e. The lowest BCUT2D eigenvalue weighted by Gasteiger charge is -2.37. The van der Waals surface area contributed by atoms with Crippen molar-refractivity contribution < 1.29 is 10.0 Å². The number of rotatable bonds is 4. The summed E-state index contributed by atoms with van der Waals surface area (Å²) < 4.78 is 0. The van der Waals surface area contributed by atoms with Crippen LogP contribution in [-0.2, 0) is 4.79 Å². The van der Waals surface area contributed by atoms with Gasteiger partial charge in [-0.15, -0.1) is 0 Å². The van der Waals surface area contributed by atoms with Crippen LogP contribution in [0.2, 0.25) is 0 Å². The van der Waals surface area contributed by atoms with Crippen LogP contribution in [0.4, 0.5) is 0 Å². The molecule has 2 rings (SSSR count). The van der Waals surface area contributed by atoms with E-state index < -0.39 is 5.41 Å². The number of nitrogens with two attached hydrogens (primary N) is 1. The number of oxime groups is 1. The SMILES string of the molecule is CC1CC1CN(C)C(=O)C1(C(N)=NO)CCCCC1. The minimum Gasteiger partial charge on any atom is -0.409 e. The van der Waals surface area contributed by atoms with Crippen molar-refractivity contribution in [3.05, 3.63) is 0 Å². The second kappa shape index (κ2) is 5.39. The van der Waals surface area contributed by atoms with Gasteiger partial charge in [0.05, 0.1) is 0 Å². The fraction of sp³-hybridized carbons (Fsp3) is 0.857. The Balaban J connectivity index is 2.10. The molecule has 2 aliphatic carbocycles. The Kier molecular flexibility index (Phi) is 4.02. The van der Waals surface area contributed by atoms with E-state index in [-0.39, 0.29) is 11.7 Å². The molecule has 0 aromatic heterocycles. The maximum Gasteiger partial charge on any atom is 0.236 e. The van der Waals surface area contributed by atoms with Gasteiger partial charge < -0.3 is 15.8 Å². The molecule has 0 aliphatic heterocycles. The topological polar surface area (TPSA) is 78.9 Å². The van der Waals surface area contributed by atoms with Crippen molar-refractivity contribution in [1.82, 2.24) is 4.90 Å². The molecule has 2 saturated carbocycles. The summed E-state index contributed by atoms with van der Waals surface area (Å²) in [6.45, 7) is 3.00. The fourth-order valence-corrected chi connectivity index (χ4v) is 3.28. The van der Waals surface area contributed by atoms with Gasteiger partial charge in [-0.2, -0.15) is 0 Å². The first kappa shape index (κ1) is 14.2. The molecule has 0 spiro atoms. The summed E-state index contributed by atoms with van der Waals surface area (Å²) in [5.41, 5.74) is 5.08. The lowest BCUT2D eigenvalue weighted by Crippen LogP contribution is -2.51. The van der Waals surface area contributed by atoms with E-state index in [4.69, 9.17) is 10.9 Å². The molecule has 2 fully saturated rings. The summed E-state index contributed by atoms with van der Waals surface area (Å²) in [6, 6.07) is 0. The van der Waals surface area contributed by atoms with Crippen molar-refractivity contribution in [3.63, 3.8) is 0 Å². The monoisotopic (exact) mass is 267 g/mol. The number of carbonyl (C=O) groups excluding carboxylic acids is 1. The molecule has 0 aromatic carbocycles. The third kappa shape index (κ3) is 2.69. The Hall–Kier alpha value is -1.26. The van der Waals surface area contributed by atoms with Crippen LogP contribution in [0.25, 0.3) is 0 Å². The number of carbonyl (C=O) groups is 1. The van der Waals surface area contributed by atoms with Crippen LogP contribution in [-0.4, -0.2) is 35.4 Å². The Morgan fingerprint density at radius 2 is 2.00 bits per heavy atom. The molecule has 0 radical (unpaired) electrons. The van der Waals surface area contributed by atoms with Crippen molar-refractivity contribution in [1.29, 1.82) is 0 Å². The third-order valence-electron chi connectivity index (χ3n) is 4.85. The minimum absolute atomic E-state index is 0.0293. The van der Waals surface area contributed by atoms with Gasteiger partial charge in [-0.25, -0.2) is 0 Å². The summed E-state index contributed by atoms with van der Waals surface area (Å²) >= 11 is 0. The Morgan fingerprint density at radius 1 is 1.42 bits per heavy atom. The van der Waals surface area contributed by atoms with Crippen molar-refractivity contribution >= 4 is 11.7 Å². The Bertz CT molecular complexity index is 375. The van der Waals surface area contributed by atoms with Gasteiger partial charge >= 0.3 is 0 Å². The highest BCUT2D eigenvalue weighted by atomic mass is 16.4. The van der Waals surface area contributed by atoms with Crippen LogP contribution in [0.1, 0.15) is 45.4 Å². The molecule has 108 valence electrons. The van der Waals surface area contributed by atoms with Crippen molar-refractivity contribution in [3.8, 4) is 0 Å². The highest BCUT2D eigenvalue weighted by Crippen LogP contribution is 2.41. The molecule has 3 N–H and O–H groups in total. The summed E-state index contributed by atoms with van der Waals surface area (Å²) in [4.78, 5) is 14.5. The molecule has 2 aliphatic rings. The van der Waals surface area contributed by atoms with Crippen molar-refractivity contribution in [2.24, 2.45) is 28.1 Å². The largest absolute Gasteiger partial charge is 0.409 e. The van der Waals surface area contributed by atoms with Crippen LogP contribution in [0.3, 0.4) is 0 Å². The van der Waals surface area contributed by atoms with Gasteiger partial charge in [0.2, 0.25) is 5.91 Å². The van der Waals surface area contributed by atoms with Crippen LogP contribution in [0.5, 0.6) is 0 Å². The first-order valence-corrected chi connectivity index (χ1v) is 7.25. The van der Waals surface area contributed by atoms with E-state index in [1.165, 1.54) is 6.42 Å². The zero-order chi connectivity index (χ0) is 14.0. The average molecular weight is 267 g/mol. The normalized spacial score (nSPS) is 29.9. The first-order chi connectivity index (χ1) is 9.01. The average Bonchev–Trinajstić information content (AvgIpc) is 3.12. The van der Waals surface area contributed by atoms with Gasteiger partial charge in [0.25, 0.3) is 0 Å². The summed E-state index contributed by atoms with van der Waals surface area (Å²) in [7, 11) is 1.84. The second-order valence-corrected chi connectivity index (χ2v) is 6.29. The van der Waals surface area contributed by atoms with Gasteiger partial charge in [0.1, 0.15) is 5.41 Å². The molecule has 5 nitrogen and oxygen atoms in total. The zero-order valence-electron chi connectivity index (χ0n) is 11.9. The van der Waals surface area contributed by atoms with Crippen LogP contribution in [0, 0.1) is 17.3 Å². The summed E-state index contributed by atoms with van der Waals surface area (Å²) in [5, 5.41) is 12.2. The predicted octanol–water partition coefficient (Wildman–Crippen LogP) is 1.80. The Morgan fingerprint density at radius 3 is 2.47 bits per heavy atom. The number of hydrogen-bond donors (Lipinski definition) is 2. The fourth-order valence-electron chi connectivity index (χ4n) is 3.28. The van der Waals surface area contributed by atoms with Crippen molar-refractivity contribution in [2.45, 2.75) is 45.4 Å². The van der Waals surface area contributed by atoms with Gasteiger partial charge in [-0.3, -0.25) is 4.79 Å². The quantitative estimate of drug-likeness (QED) is 0.353. The number of amides is 1. The molecule has 5 heteroatoms. The Labute approximate surface area is 114 Å². The molecule has 0 heterocycles. The van der Waals surface area contributed by atoms with E-state index in [1.54, 1.807) is 4.90 Å². The van der Waals surface area contributed by atoms with Crippen LogP contribution < -0.4 is 5.73 Å². The molecule has 0 saturated heterocycles. The van der Waals surface area contributed by atoms with E-state index in [2.05, 4.69) is 12.1 Å². The molecule has 2 atom stereocenters. The minimum atomic E-state index is -0.764. The maximum absolute atomic E-state index is 12.7. The van der Waals surface area contributed by atoms with Gasteiger partial charge in [0.15, 0.2) is 5.84 Å². The second-order valence-electron chi connectivity index (χ2n) is 6.29. The van der Waals surface area contributed by atoms with E-state index in [0.29, 0.717) is 18.8 Å². The predicted molar refractivity (Wildman–Crippen MR) is 73.8 cm³/mol. The zero-order valence-corrected chi connectivity index (χ0v) is 11.9. The lowest BCUT2D eigenvalue weighted by atomic mass is 9.72. The van der Waals surface area contributed by atoms with E-state index >= 15 is 0 Å². The third-order valence-corrected chi connectivity index (χ3v) is 4.85. The number of amidine groups is 1. The molecule has 0 aromatic rings. The molecule has 2 unspecified atom stereocenters. The number of nitrogens with zero attached hydrogens (tertiary/aromatic N) is 2. The van der Waals surface area contributed by atoms with E-state index in [9.17, 15) is 4.79 Å².